The summed E-state index contributed by atoms with van der Waals surface area (Å²) in [5.74, 6) is 0.374. The minimum absolute atomic E-state index is 0.158. The number of aromatic nitrogens is 2. The molecule has 1 aromatic heterocycles. The van der Waals surface area contributed by atoms with Gasteiger partial charge in [-0.2, -0.15) is 10.4 Å². The van der Waals surface area contributed by atoms with Crippen molar-refractivity contribution in [2.24, 2.45) is 5.92 Å². The molecule has 1 saturated carbocycles. The molecule has 1 heterocycles. The van der Waals surface area contributed by atoms with Crippen LogP contribution in [0.15, 0.2) is 36.5 Å². The van der Waals surface area contributed by atoms with Crippen LogP contribution in [-0.4, -0.2) is 39.5 Å². The lowest BCUT2D eigenvalue weighted by molar-refractivity contribution is 0.108. The molecule has 0 saturated heterocycles. The van der Waals surface area contributed by atoms with E-state index in [0.29, 0.717) is 18.9 Å². The number of benzene rings is 1. The second-order valence-corrected chi connectivity index (χ2v) is 7.00. The molecule has 0 amide bonds. The van der Waals surface area contributed by atoms with Gasteiger partial charge < -0.3 is 10.0 Å². The first-order valence-corrected chi connectivity index (χ1v) is 9.02. The van der Waals surface area contributed by atoms with Gasteiger partial charge >= 0.3 is 0 Å². The van der Waals surface area contributed by atoms with Crippen LogP contribution in [0.5, 0.6) is 0 Å². The number of hydrogen-bond acceptors (Lipinski definition) is 4. The standard InChI is InChI=1S/C20H26N4O/c1-23(13-17-9-5-10-19(17)25)14-18-15-24(12-6-11-21)22-20(18)16-7-3-2-4-8-16/h2-4,7-8,15,17,19,25H,5-6,9-10,12-14H2,1H3. The van der Waals surface area contributed by atoms with Crippen molar-refractivity contribution in [3.63, 3.8) is 0 Å². The smallest absolute Gasteiger partial charge is 0.0968 e. The predicted molar refractivity (Wildman–Crippen MR) is 97.6 cm³/mol. The van der Waals surface area contributed by atoms with Gasteiger partial charge in [0.2, 0.25) is 0 Å². The lowest BCUT2D eigenvalue weighted by Crippen LogP contribution is -2.29. The van der Waals surface area contributed by atoms with Crippen molar-refractivity contribution in [2.75, 3.05) is 13.6 Å². The van der Waals surface area contributed by atoms with Crippen LogP contribution in [0.3, 0.4) is 0 Å². The van der Waals surface area contributed by atoms with Gasteiger partial charge in [-0.3, -0.25) is 4.68 Å². The predicted octanol–water partition coefficient (Wildman–Crippen LogP) is 3.06. The Morgan fingerprint density at radius 2 is 2.12 bits per heavy atom. The second kappa shape index (κ2) is 8.28. The van der Waals surface area contributed by atoms with Crippen molar-refractivity contribution in [3.8, 4) is 17.3 Å². The van der Waals surface area contributed by atoms with E-state index in [1.807, 2.05) is 22.9 Å². The number of aliphatic hydroxyl groups is 1. The molecular weight excluding hydrogens is 312 g/mol. The fourth-order valence-electron chi connectivity index (χ4n) is 3.68. The molecule has 2 atom stereocenters. The Labute approximate surface area is 149 Å². The summed E-state index contributed by atoms with van der Waals surface area (Å²) >= 11 is 0. The molecule has 132 valence electrons. The van der Waals surface area contributed by atoms with E-state index in [2.05, 4.69) is 36.3 Å². The maximum Gasteiger partial charge on any atom is 0.0968 e. The molecule has 1 aromatic carbocycles. The van der Waals surface area contributed by atoms with Crippen molar-refractivity contribution >= 4 is 0 Å². The molecule has 0 radical (unpaired) electrons. The molecule has 0 aliphatic heterocycles. The van der Waals surface area contributed by atoms with Crippen LogP contribution >= 0.6 is 0 Å². The highest BCUT2D eigenvalue weighted by Crippen LogP contribution is 2.28. The Hall–Kier alpha value is -2.16. The average Bonchev–Trinajstić information content (AvgIpc) is 3.20. The van der Waals surface area contributed by atoms with Crippen LogP contribution in [0.1, 0.15) is 31.2 Å². The Kier molecular flexibility index (Phi) is 5.85. The molecular formula is C20H26N4O. The minimum atomic E-state index is -0.158. The Balaban J connectivity index is 1.76. The van der Waals surface area contributed by atoms with Crippen LogP contribution in [-0.2, 0) is 13.1 Å². The SMILES string of the molecule is CN(Cc1cn(CCC#N)nc1-c1ccccc1)CC1CCCC1O. The normalized spacial score (nSPS) is 20.1. The van der Waals surface area contributed by atoms with E-state index in [-0.39, 0.29) is 6.10 Å². The van der Waals surface area contributed by atoms with E-state index >= 15 is 0 Å². The molecule has 0 spiro atoms. The lowest BCUT2D eigenvalue weighted by atomic mass is 10.0. The highest BCUT2D eigenvalue weighted by Gasteiger charge is 2.26. The number of aliphatic hydroxyl groups excluding tert-OH is 1. The van der Waals surface area contributed by atoms with E-state index in [9.17, 15) is 5.11 Å². The maximum atomic E-state index is 10.1. The largest absolute Gasteiger partial charge is 0.393 e. The van der Waals surface area contributed by atoms with E-state index in [0.717, 1.165) is 43.6 Å². The molecule has 1 aliphatic rings. The van der Waals surface area contributed by atoms with Gasteiger partial charge in [0.25, 0.3) is 0 Å². The molecule has 1 aliphatic carbocycles. The van der Waals surface area contributed by atoms with Crippen molar-refractivity contribution in [2.45, 2.75) is 44.9 Å². The van der Waals surface area contributed by atoms with E-state index in [4.69, 9.17) is 10.4 Å². The van der Waals surface area contributed by atoms with Gasteiger partial charge in [0.15, 0.2) is 0 Å². The van der Waals surface area contributed by atoms with Crippen LogP contribution in [0.25, 0.3) is 11.3 Å². The summed E-state index contributed by atoms with van der Waals surface area (Å²) in [5.41, 5.74) is 3.25. The van der Waals surface area contributed by atoms with Gasteiger partial charge in [-0.1, -0.05) is 36.8 Å². The number of hydrogen-bond donors (Lipinski definition) is 1. The Morgan fingerprint density at radius 1 is 1.32 bits per heavy atom. The third-order valence-corrected chi connectivity index (χ3v) is 4.94. The van der Waals surface area contributed by atoms with Crippen LogP contribution in [0.4, 0.5) is 0 Å². The first-order chi connectivity index (χ1) is 12.2. The third kappa shape index (κ3) is 4.47. The van der Waals surface area contributed by atoms with E-state index in [1.165, 1.54) is 5.56 Å². The zero-order valence-corrected chi connectivity index (χ0v) is 14.8. The first kappa shape index (κ1) is 17.7. The number of nitrogens with zero attached hydrogens (tertiary/aromatic N) is 4. The monoisotopic (exact) mass is 338 g/mol. The summed E-state index contributed by atoms with van der Waals surface area (Å²) < 4.78 is 1.87. The number of nitriles is 1. The van der Waals surface area contributed by atoms with Gasteiger partial charge in [-0.25, -0.2) is 0 Å². The molecule has 2 unspecified atom stereocenters. The van der Waals surface area contributed by atoms with Crippen molar-refractivity contribution < 1.29 is 5.11 Å². The summed E-state index contributed by atoms with van der Waals surface area (Å²) in [6, 6.07) is 12.4. The average molecular weight is 338 g/mol. The molecule has 25 heavy (non-hydrogen) atoms. The van der Waals surface area contributed by atoms with Gasteiger partial charge in [0, 0.05) is 30.4 Å². The van der Waals surface area contributed by atoms with Crippen molar-refractivity contribution in [1.29, 1.82) is 5.26 Å². The first-order valence-electron chi connectivity index (χ1n) is 9.02. The molecule has 5 heteroatoms. The number of rotatable bonds is 7. The van der Waals surface area contributed by atoms with Crippen LogP contribution < -0.4 is 0 Å². The third-order valence-electron chi connectivity index (χ3n) is 4.94. The highest BCUT2D eigenvalue weighted by atomic mass is 16.3. The minimum Gasteiger partial charge on any atom is -0.393 e. The van der Waals surface area contributed by atoms with Crippen LogP contribution in [0.2, 0.25) is 0 Å². The summed E-state index contributed by atoms with van der Waals surface area (Å²) in [4.78, 5) is 2.28. The quantitative estimate of drug-likeness (QED) is 0.843. The van der Waals surface area contributed by atoms with E-state index < -0.39 is 0 Å². The topological polar surface area (TPSA) is 65.1 Å². The summed E-state index contributed by atoms with van der Waals surface area (Å²) in [6.07, 6.45) is 5.52. The van der Waals surface area contributed by atoms with Gasteiger partial charge in [-0.15, -0.1) is 0 Å². The fourth-order valence-corrected chi connectivity index (χ4v) is 3.68. The highest BCUT2D eigenvalue weighted by molar-refractivity contribution is 5.62. The summed E-state index contributed by atoms with van der Waals surface area (Å²) in [5, 5.41) is 23.6. The maximum absolute atomic E-state index is 10.1. The summed E-state index contributed by atoms with van der Waals surface area (Å²) in [7, 11) is 2.10. The molecule has 3 rings (SSSR count). The van der Waals surface area contributed by atoms with Gasteiger partial charge in [0.1, 0.15) is 0 Å². The molecule has 2 aromatic rings. The fraction of sp³-hybridized carbons (Fsp3) is 0.500. The Morgan fingerprint density at radius 3 is 2.80 bits per heavy atom. The van der Waals surface area contributed by atoms with Crippen LogP contribution in [0, 0.1) is 17.2 Å². The zero-order valence-electron chi connectivity index (χ0n) is 14.8. The summed E-state index contributed by atoms with van der Waals surface area (Å²) in [6.45, 7) is 2.31. The molecule has 0 bridgehead atoms. The lowest BCUT2D eigenvalue weighted by Gasteiger charge is -2.23. The molecule has 5 nitrogen and oxygen atoms in total. The van der Waals surface area contributed by atoms with E-state index in [1.54, 1.807) is 0 Å². The molecule has 1 N–H and O–H groups in total. The van der Waals surface area contributed by atoms with Gasteiger partial charge in [-0.05, 0) is 25.8 Å². The Bertz CT molecular complexity index is 719. The van der Waals surface area contributed by atoms with Crippen molar-refractivity contribution in [1.82, 2.24) is 14.7 Å². The zero-order chi connectivity index (χ0) is 17.6. The van der Waals surface area contributed by atoms with Crippen molar-refractivity contribution in [3.05, 3.63) is 42.1 Å². The molecule has 1 fully saturated rings. The number of aryl methyl sites for hydroxylation is 1. The van der Waals surface area contributed by atoms with Gasteiger partial charge in [0.05, 0.1) is 30.8 Å². The second-order valence-electron chi connectivity index (χ2n) is 7.00.